The number of hydrogen-bond donors (Lipinski definition) is 1. The smallest absolute Gasteiger partial charge is 0.395 e. The number of amides is 1. The van der Waals surface area contributed by atoms with E-state index in [9.17, 15) is 26.7 Å². The number of para-hydroxylation sites is 1. The molecule has 1 aromatic heterocycles. The van der Waals surface area contributed by atoms with Gasteiger partial charge in [0.15, 0.2) is 17.2 Å². The minimum Gasteiger partial charge on any atom is -0.395 e. The molecule has 6 nitrogen and oxygen atoms in total. The van der Waals surface area contributed by atoms with E-state index < -0.39 is 29.6 Å². The molecule has 0 saturated carbocycles. The Labute approximate surface area is 165 Å². The van der Waals surface area contributed by atoms with Crippen LogP contribution in [0.5, 0.6) is 11.5 Å². The van der Waals surface area contributed by atoms with Gasteiger partial charge < -0.3 is 14.8 Å². The van der Waals surface area contributed by atoms with Crippen LogP contribution >= 0.6 is 0 Å². The van der Waals surface area contributed by atoms with Crippen LogP contribution in [-0.4, -0.2) is 22.0 Å². The van der Waals surface area contributed by atoms with E-state index in [4.69, 9.17) is 0 Å². The van der Waals surface area contributed by atoms with E-state index in [1.165, 1.54) is 31.3 Å². The first-order valence-corrected chi connectivity index (χ1v) is 8.45. The second kappa shape index (κ2) is 6.71. The van der Waals surface area contributed by atoms with Crippen molar-refractivity contribution in [2.24, 2.45) is 7.05 Å². The molecule has 0 bridgehead atoms. The van der Waals surface area contributed by atoms with Crippen molar-refractivity contribution in [3.8, 4) is 22.6 Å². The Morgan fingerprint density at radius 2 is 1.80 bits per heavy atom. The molecule has 0 aliphatic carbocycles. The minimum absolute atomic E-state index is 0.157. The van der Waals surface area contributed by atoms with Crippen molar-refractivity contribution in [1.82, 2.24) is 9.78 Å². The third kappa shape index (κ3) is 3.65. The normalized spacial score (nSPS) is 14.6. The number of rotatable bonds is 3. The Balaban J connectivity index is 1.67. The number of ether oxygens (including phenoxy) is 2. The van der Waals surface area contributed by atoms with Crippen LogP contribution in [0.15, 0.2) is 48.7 Å². The monoisotopic (exact) mass is 425 g/mol. The Bertz CT molecular complexity index is 1140. The van der Waals surface area contributed by atoms with Crippen LogP contribution in [0.3, 0.4) is 0 Å². The lowest BCUT2D eigenvalue weighted by Gasteiger charge is -2.12. The average Bonchev–Trinajstić information content (AvgIpc) is 3.19. The van der Waals surface area contributed by atoms with Gasteiger partial charge in [-0.05, 0) is 23.8 Å². The standard InChI is InChI=1S/C19H12F5N3O3/c1-27-9-12(16(26-27)18(20,21)22)17(28)25-13-5-3-2-4-11(13)10-6-7-14-15(8-10)30-19(23,24)29-14/h2-9H,1H3,(H,25,28). The molecular weight excluding hydrogens is 413 g/mol. The summed E-state index contributed by atoms with van der Waals surface area (Å²) in [5.41, 5.74) is -1.03. The summed E-state index contributed by atoms with van der Waals surface area (Å²) in [5, 5.41) is 5.73. The zero-order valence-corrected chi connectivity index (χ0v) is 15.1. The van der Waals surface area contributed by atoms with Crippen molar-refractivity contribution in [2.75, 3.05) is 5.32 Å². The summed E-state index contributed by atoms with van der Waals surface area (Å²) in [5.74, 6) is -1.38. The van der Waals surface area contributed by atoms with Crippen molar-refractivity contribution in [3.63, 3.8) is 0 Å². The number of nitrogens with zero attached hydrogens (tertiary/aromatic N) is 2. The average molecular weight is 425 g/mol. The quantitative estimate of drug-likeness (QED) is 0.619. The van der Waals surface area contributed by atoms with E-state index >= 15 is 0 Å². The molecule has 0 spiro atoms. The van der Waals surface area contributed by atoms with Crippen LogP contribution in [0.2, 0.25) is 0 Å². The lowest BCUT2D eigenvalue weighted by Crippen LogP contribution is -2.25. The fourth-order valence-corrected chi connectivity index (χ4v) is 3.01. The highest BCUT2D eigenvalue weighted by atomic mass is 19.4. The number of alkyl halides is 5. The van der Waals surface area contributed by atoms with Crippen LogP contribution in [-0.2, 0) is 13.2 Å². The predicted octanol–water partition coefficient (Wildman–Crippen LogP) is 4.68. The molecule has 0 saturated heterocycles. The number of aromatic nitrogens is 2. The van der Waals surface area contributed by atoms with Crippen LogP contribution < -0.4 is 14.8 Å². The Hall–Kier alpha value is -3.63. The molecule has 1 amide bonds. The SMILES string of the molecule is Cn1cc(C(=O)Nc2ccccc2-c2ccc3c(c2)OC(F)(F)O3)c(C(F)(F)F)n1. The first-order chi connectivity index (χ1) is 14.0. The van der Waals surface area contributed by atoms with Gasteiger partial charge in [-0.3, -0.25) is 9.48 Å². The number of benzene rings is 2. The second-order valence-corrected chi connectivity index (χ2v) is 6.39. The van der Waals surface area contributed by atoms with Gasteiger partial charge in [-0.2, -0.15) is 18.3 Å². The largest absolute Gasteiger partial charge is 0.586 e. The van der Waals surface area contributed by atoms with Gasteiger partial charge in [-0.25, -0.2) is 0 Å². The first-order valence-electron chi connectivity index (χ1n) is 8.45. The van der Waals surface area contributed by atoms with E-state index in [-0.39, 0.29) is 17.2 Å². The third-order valence-corrected chi connectivity index (χ3v) is 4.23. The molecule has 0 fully saturated rings. The number of anilines is 1. The van der Waals surface area contributed by atoms with E-state index in [2.05, 4.69) is 19.9 Å². The number of aryl methyl sites for hydroxylation is 1. The fourth-order valence-electron chi connectivity index (χ4n) is 3.01. The number of halogens is 5. The molecule has 0 atom stereocenters. The maximum absolute atomic E-state index is 13.2. The molecule has 11 heteroatoms. The second-order valence-electron chi connectivity index (χ2n) is 6.39. The molecule has 2 aromatic carbocycles. The number of carbonyl (C=O) groups is 1. The van der Waals surface area contributed by atoms with Gasteiger partial charge >= 0.3 is 12.5 Å². The highest BCUT2D eigenvalue weighted by Gasteiger charge is 2.43. The summed E-state index contributed by atoms with van der Waals surface area (Å²) >= 11 is 0. The molecule has 1 aliphatic rings. The van der Waals surface area contributed by atoms with E-state index in [0.717, 1.165) is 10.9 Å². The van der Waals surface area contributed by atoms with E-state index in [1.54, 1.807) is 18.2 Å². The zero-order valence-electron chi connectivity index (χ0n) is 15.1. The molecular formula is C19H12F5N3O3. The van der Waals surface area contributed by atoms with Crippen LogP contribution in [0, 0.1) is 0 Å². The first kappa shape index (κ1) is 19.7. The number of nitrogens with one attached hydrogen (secondary N) is 1. The Kier molecular flexibility index (Phi) is 4.40. The third-order valence-electron chi connectivity index (χ3n) is 4.23. The maximum atomic E-state index is 13.2. The van der Waals surface area contributed by atoms with E-state index in [1.807, 2.05) is 0 Å². The van der Waals surface area contributed by atoms with Crippen molar-refractivity contribution in [2.45, 2.75) is 12.5 Å². The van der Waals surface area contributed by atoms with Crippen molar-refractivity contribution in [1.29, 1.82) is 0 Å². The van der Waals surface area contributed by atoms with Gasteiger partial charge in [0.05, 0.1) is 5.56 Å². The Morgan fingerprint density at radius 3 is 2.53 bits per heavy atom. The summed E-state index contributed by atoms with van der Waals surface area (Å²) in [7, 11) is 1.27. The van der Waals surface area contributed by atoms with E-state index in [0.29, 0.717) is 11.1 Å². The van der Waals surface area contributed by atoms with Crippen LogP contribution in [0.4, 0.5) is 27.6 Å². The highest BCUT2D eigenvalue weighted by Crippen LogP contribution is 2.44. The fraction of sp³-hybridized carbons (Fsp3) is 0.158. The summed E-state index contributed by atoms with van der Waals surface area (Å²) in [6.45, 7) is 0. The van der Waals surface area contributed by atoms with Crippen LogP contribution in [0.25, 0.3) is 11.1 Å². The number of hydrogen-bond acceptors (Lipinski definition) is 4. The predicted molar refractivity (Wildman–Crippen MR) is 94.2 cm³/mol. The van der Waals surface area contributed by atoms with Gasteiger partial charge in [0.25, 0.3) is 5.91 Å². The number of carbonyl (C=O) groups excluding carboxylic acids is 1. The molecule has 2 heterocycles. The van der Waals surface area contributed by atoms with Gasteiger partial charge in [-0.15, -0.1) is 8.78 Å². The summed E-state index contributed by atoms with van der Waals surface area (Å²) in [6.07, 6.45) is -7.64. The molecule has 4 rings (SSSR count). The highest BCUT2D eigenvalue weighted by molar-refractivity contribution is 6.07. The summed E-state index contributed by atoms with van der Waals surface area (Å²) in [4.78, 5) is 12.5. The molecule has 30 heavy (non-hydrogen) atoms. The maximum Gasteiger partial charge on any atom is 0.586 e. The molecule has 1 N–H and O–H groups in total. The van der Waals surface area contributed by atoms with Gasteiger partial charge in [0.2, 0.25) is 0 Å². The lowest BCUT2D eigenvalue weighted by molar-refractivity contribution is -0.286. The summed E-state index contributed by atoms with van der Waals surface area (Å²) in [6, 6.07) is 10.2. The molecule has 3 aromatic rings. The van der Waals surface area contributed by atoms with Gasteiger partial charge in [0, 0.05) is 24.5 Å². The Morgan fingerprint density at radius 1 is 1.10 bits per heavy atom. The van der Waals surface area contributed by atoms with Gasteiger partial charge in [0.1, 0.15) is 0 Å². The molecule has 156 valence electrons. The number of fused-ring (bicyclic) bond motifs is 1. The zero-order chi connectivity index (χ0) is 21.7. The summed E-state index contributed by atoms with van der Waals surface area (Å²) < 4.78 is 75.6. The topological polar surface area (TPSA) is 65.4 Å². The minimum atomic E-state index is -4.81. The molecule has 0 radical (unpaired) electrons. The molecule has 1 aliphatic heterocycles. The lowest BCUT2D eigenvalue weighted by atomic mass is 10.0. The van der Waals surface area contributed by atoms with Crippen LogP contribution in [0.1, 0.15) is 16.1 Å². The van der Waals surface area contributed by atoms with Crippen molar-refractivity contribution < 1.29 is 36.2 Å². The molecule has 0 unspecified atom stereocenters. The van der Waals surface area contributed by atoms with Crippen molar-refractivity contribution in [3.05, 3.63) is 59.9 Å². The van der Waals surface area contributed by atoms with Gasteiger partial charge in [-0.1, -0.05) is 24.3 Å². The van der Waals surface area contributed by atoms with Crippen molar-refractivity contribution >= 4 is 11.6 Å².